The molecule has 3 aromatic carbocycles. The summed E-state index contributed by atoms with van der Waals surface area (Å²) < 4.78 is 7.43. The smallest absolute Gasteiger partial charge is 0.261 e. The molecule has 0 aromatic heterocycles. The van der Waals surface area contributed by atoms with Gasteiger partial charge in [0.05, 0.1) is 12.7 Å². The predicted octanol–water partition coefficient (Wildman–Crippen LogP) is 5.17. The zero-order valence-electron chi connectivity index (χ0n) is 18.7. The van der Waals surface area contributed by atoms with Crippen LogP contribution in [0.2, 0.25) is 5.04 Å². The van der Waals surface area contributed by atoms with E-state index in [0.717, 1.165) is 18.4 Å². The molecule has 1 aliphatic carbocycles. The van der Waals surface area contributed by atoms with Gasteiger partial charge in [-0.3, -0.25) is 0 Å². The van der Waals surface area contributed by atoms with Crippen LogP contribution < -0.4 is 10.4 Å². The second kappa shape index (κ2) is 8.95. The zero-order valence-corrected chi connectivity index (χ0v) is 19.7. The molecule has 0 bridgehead atoms. The van der Waals surface area contributed by atoms with Crippen LogP contribution in [0.15, 0.2) is 96.6 Å². The molecule has 0 heterocycles. The highest BCUT2D eigenvalue weighted by molar-refractivity contribution is 6.99. The Morgan fingerprint density at radius 2 is 1.39 bits per heavy atom. The van der Waals surface area contributed by atoms with Crippen LogP contribution in [-0.4, -0.2) is 20.0 Å². The Hall–Kier alpha value is -2.46. The highest BCUT2D eigenvalue weighted by atomic mass is 28.4. The third-order valence-corrected chi connectivity index (χ3v) is 11.4. The molecule has 0 spiro atoms. The standard InChI is InChI=1S/C28H32O2Si/c1-28(2,3)31(24-13-6-4-7-14-24,25-15-8-5-9-16-25)30-27-19-18-22(21-29)20-23-12-10-11-17-26(23)27/h4-18,27,29H,19-21H2,1-3H3. The van der Waals surface area contributed by atoms with Crippen molar-refractivity contribution in [3.8, 4) is 0 Å². The maximum Gasteiger partial charge on any atom is 0.261 e. The van der Waals surface area contributed by atoms with E-state index in [0.29, 0.717) is 0 Å². The minimum atomic E-state index is -2.65. The summed E-state index contributed by atoms with van der Waals surface area (Å²) in [5.41, 5.74) is 3.57. The van der Waals surface area contributed by atoms with Gasteiger partial charge in [0.15, 0.2) is 0 Å². The van der Waals surface area contributed by atoms with Crippen molar-refractivity contribution >= 4 is 18.7 Å². The van der Waals surface area contributed by atoms with Gasteiger partial charge < -0.3 is 9.53 Å². The molecule has 3 aromatic rings. The average molecular weight is 429 g/mol. The molecule has 1 unspecified atom stereocenters. The fourth-order valence-corrected chi connectivity index (χ4v) is 9.53. The van der Waals surface area contributed by atoms with Crippen LogP contribution in [0.25, 0.3) is 0 Å². The van der Waals surface area contributed by atoms with Crippen molar-refractivity contribution in [2.24, 2.45) is 0 Å². The SMILES string of the molecule is CC(C)(C)[Si](OC1CC=C(CO)Cc2ccccc21)(c1ccccc1)c1ccccc1. The normalized spacial score (nSPS) is 16.9. The molecule has 0 aliphatic heterocycles. The highest BCUT2D eigenvalue weighted by Gasteiger charge is 2.51. The van der Waals surface area contributed by atoms with Crippen molar-refractivity contribution in [1.29, 1.82) is 0 Å². The molecule has 3 heteroatoms. The van der Waals surface area contributed by atoms with E-state index in [2.05, 4.69) is 112 Å². The first-order valence-corrected chi connectivity index (χ1v) is 13.0. The first-order chi connectivity index (χ1) is 15.0. The number of rotatable bonds is 5. The fraction of sp³-hybridized carbons (Fsp3) is 0.286. The van der Waals surface area contributed by atoms with E-state index in [1.807, 2.05) is 0 Å². The number of hydrogen-bond donors (Lipinski definition) is 1. The van der Waals surface area contributed by atoms with E-state index in [1.54, 1.807) is 0 Å². The minimum absolute atomic E-state index is 0.0495. The first-order valence-electron chi connectivity index (χ1n) is 11.1. The molecule has 1 atom stereocenters. The zero-order chi connectivity index (χ0) is 21.9. The largest absolute Gasteiger partial charge is 0.400 e. The molecule has 4 rings (SSSR count). The molecule has 1 aliphatic rings. The summed E-state index contributed by atoms with van der Waals surface area (Å²) >= 11 is 0. The lowest BCUT2D eigenvalue weighted by molar-refractivity contribution is 0.194. The fourth-order valence-electron chi connectivity index (χ4n) is 4.86. The van der Waals surface area contributed by atoms with Crippen LogP contribution >= 0.6 is 0 Å². The third kappa shape index (κ3) is 4.18. The van der Waals surface area contributed by atoms with Gasteiger partial charge in [-0.25, -0.2) is 0 Å². The monoisotopic (exact) mass is 428 g/mol. The van der Waals surface area contributed by atoms with Crippen LogP contribution in [-0.2, 0) is 10.8 Å². The number of fused-ring (bicyclic) bond motifs is 1. The van der Waals surface area contributed by atoms with Gasteiger partial charge in [-0.1, -0.05) is 112 Å². The summed E-state index contributed by atoms with van der Waals surface area (Å²) in [6.07, 6.45) is 3.69. The molecule has 0 radical (unpaired) electrons. The summed E-state index contributed by atoms with van der Waals surface area (Å²) in [4.78, 5) is 0. The lowest BCUT2D eigenvalue weighted by Crippen LogP contribution is -2.66. The van der Waals surface area contributed by atoms with Gasteiger partial charge in [-0.2, -0.15) is 0 Å². The van der Waals surface area contributed by atoms with Crippen LogP contribution in [0.1, 0.15) is 44.4 Å². The van der Waals surface area contributed by atoms with Crippen molar-refractivity contribution < 1.29 is 9.53 Å². The van der Waals surface area contributed by atoms with Gasteiger partial charge in [0.25, 0.3) is 8.32 Å². The topological polar surface area (TPSA) is 29.5 Å². The molecular formula is C28H32O2Si. The summed E-state index contributed by atoms with van der Waals surface area (Å²) in [5, 5.41) is 12.4. The van der Waals surface area contributed by atoms with E-state index in [1.165, 1.54) is 21.5 Å². The van der Waals surface area contributed by atoms with E-state index in [4.69, 9.17) is 4.43 Å². The van der Waals surface area contributed by atoms with Crippen molar-refractivity contribution in [2.75, 3.05) is 6.61 Å². The van der Waals surface area contributed by atoms with E-state index in [-0.39, 0.29) is 17.7 Å². The molecule has 160 valence electrons. The summed E-state index contributed by atoms with van der Waals surface area (Å²) in [7, 11) is -2.65. The van der Waals surface area contributed by atoms with Crippen molar-refractivity contribution in [1.82, 2.24) is 0 Å². The second-order valence-corrected chi connectivity index (χ2v) is 13.7. The average Bonchev–Trinajstić information content (AvgIpc) is 2.97. The minimum Gasteiger partial charge on any atom is -0.400 e. The van der Waals surface area contributed by atoms with Crippen LogP contribution in [0.5, 0.6) is 0 Å². The molecule has 1 N–H and O–H groups in total. The van der Waals surface area contributed by atoms with Crippen molar-refractivity contribution in [3.05, 3.63) is 108 Å². The maximum absolute atomic E-state index is 9.85. The lowest BCUT2D eigenvalue weighted by atomic mass is 10.00. The molecular weight excluding hydrogens is 396 g/mol. The number of aliphatic hydroxyl groups excluding tert-OH is 1. The van der Waals surface area contributed by atoms with Gasteiger partial charge in [0, 0.05) is 0 Å². The molecule has 0 amide bonds. The van der Waals surface area contributed by atoms with Gasteiger partial charge in [0.1, 0.15) is 0 Å². The van der Waals surface area contributed by atoms with Crippen LogP contribution in [0, 0.1) is 0 Å². The van der Waals surface area contributed by atoms with E-state index < -0.39 is 8.32 Å². The maximum atomic E-state index is 9.85. The molecule has 0 saturated heterocycles. The molecule has 2 nitrogen and oxygen atoms in total. The molecule has 0 fully saturated rings. The van der Waals surface area contributed by atoms with E-state index >= 15 is 0 Å². The van der Waals surface area contributed by atoms with Gasteiger partial charge in [-0.05, 0) is 45.0 Å². The summed E-state index contributed by atoms with van der Waals surface area (Å²) in [6, 6.07) is 30.2. The third-order valence-electron chi connectivity index (χ3n) is 6.38. The Morgan fingerprint density at radius 3 is 1.94 bits per heavy atom. The van der Waals surface area contributed by atoms with Gasteiger partial charge in [0.2, 0.25) is 0 Å². The highest BCUT2D eigenvalue weighted by Crippen LogP contribution is 2.42. The Bertz CT molecular complexity index is 996. The van der Waals surface area contributed by atoms with Crippen molar-refractivity contribution in [2.45, 2.75) is 44.8 Å². The summed E-state index contributed by atoms with van der Waals surface area (Å²) in [6.45, 7) is 7.05. The summed E-state index contributed by atoms with van der Waals surface area (Å²) in [5.74, 6) is 0. The number of hydrogen-bond acceptors (Lipinski definition) is 2. The van der Waals surface area contributed by atoms with E-state index in [9.17, 15) is 5.11 Å². The number of aliphatic hydroxyl groups is 1. The van der Waals surface area contributed by atoms with Gasteiger partial charge >= 0.3 is 0 Å². The Balaban J connectivity index is 1.91. The Labute approximate surface area is 187 Å². The van der Waals surface area contributed by atoms with Crippen LogP contribution in [0.3, 0.4) is 0 Å². The predicted molar refractivity (Wildman–Crippen MR) is 131 cm³/mol. The second-order valence-electron chi connectivity index (χ2n) is 9.40. The Kier molecular flexibility index (Phi) is 6.28. The Morgan fingerprint density at radius 1 is 0.839 bits per heavy atom. The van der Waals surface area contributed by atoms with Crippen LogP contribution in [0.4, 0.5) is 0 Å². The molecule has 0 saturated carbocycles. The quantitative estimate of drug-likeness (QED) is 0.449. The molecule has 31 heavy (non-hydrogen) atoms. The first kappa shape index (κ1) is 21.8. The lowest BCUT2D eigenvalue weighted by Gasteiger charge is -2.45. The van der Waals surface area contributed by atoms with Gasteiger partial charge in [-0.15, -0.1) is 0 Å². The van der Waals surface area contributed by atoms with Crippen molar-refractivity contribution in [3.63, 3.8) is 0 Å². The number of benzene rings is 3.